The minimum Gasteiger partial charge on any atom is -0.477 e. The van der Waals surface area contributed by atoms with Gasteiger partial charge < -0.3 is 5.11 Å². The SMILES string of the molecule is CC(C)c1cc2nc(-c3cccnc3)cc(C(=O)O)n2n1. The van der Waals surface area contributed by atoms with Gasteiger partial charge in [-0.15, -0.1) is 0 Å². The largest absolute Gasteiger partial charge is 0.477 e. The molecule has 3 aromatic heterocycles. The standard InChI is InChI=1S/C15H14N4O2/c1-9(2)11-7-14-17-12(10-4-3-5-16-8-10)6-13(15(20)21)19(14)18-11/h3-9H,1-2H3,(H,20,21). The van der Waals surface area contributed by atoms with Gasteiger partial charge in [-0.3, -0.25) is 4.98 Å². The van der Waals surface area contributed by atoms with E-state index in [4.69, 9.17) is 0 Å². The third-order valence-electron chi connectivity index (χ3n) is 3.21. The van der Waals surface area contributed by atoms with Gasteiger partial charge in [-0.2, -0.15) is 5.10 Å². The molecule has 3 aromatic rings. The summed E-state index contributed by atoms with van der Waals surface area (Å²) in [4.78, 5) is 20.0. The number of aromatic nitrogens is 4. The van der Waals surface area contributed by atoms with Crippen LogP contribution in [0.1, 0.15) is 35.9 Å². The Morgan fingerprint density at radius 2 is 2.14 bits per heavy atom. The van der Waals surface area contributed by atoms with Crippen molar-refractivity contribution in [2.45, 2.75) is 19.8 Å². The number of hydrogen-bond donors (Lipinski definition) is 1. The van der Waals surface area contributed by atoms with Crippen LogP contribution in [0.25, 0.3) is 16.9 Å². The molecule has 0 aliphatic rings. The number of fused-ring (bicyclic) bond motifs is 1. The van der Waals surface area contributed by atoms with E-state index >= 15 is 0 Å². The summed E-state index contributed by atoms with van der Waals surface area (Å²) >= 11 is 0. The van der Waals surface area contributed by atoms with Gasteiger partial charge in [-0.05, 0) is 24.1 Å². The first-order chi connectivity index (χ1) is 10.1. The van der Waals surface area contributed by atoms with Gasteiger partial charge in [0.05, 0.1) is 11.4 Å². The molecule has 0 radical (unpaired) electrons. The summed E-state index contributed by atoms with van der Waals surface area (Å²) in [6.45, 7) is 4.01. The summed E-state index contributed by atoms with van der Waals surface area (Å²) in [5, 5.41) is 13.7. The Balaban J connectivity index is 2.27. The molecule has 6 nitrogen and oxygen atoms in total. The Kier molecular flexibility index (Phi) is 3.13. The molecule has 106 valence electrons. The monoisotopic (exact) mass is 282 g/mol. The molecule has 0 bridgehead atoms. The van der Waals surface area contributed by atoms with E-state index in [0.717, 1.165) is 11.3 Å². The second-order valence-corrected chi connectivity index (χ2v) is 5.07. The number of aromatic carboxylic acids is 1. The van der Waals surface area contributed by atoms with E-state index in [-0.39, 0.29) is 11.6 Å². The quantitative estimate of drug-likeness (QED) is 0.798. The summed E-state index contributed by atoms with van der Waals surface area (Å²) in [6, 6.07) is 6.97. The van der Waals surface area contributed by atoms with Crippen molar-refractivity contribution >= 4 is 11.6 Å². The first-order valence-corrected chi connectivity index (χ1v) is 6.60. The van der Waals surface area contributed by atoms with Crippen LogP contribution in [0.4, 0.5) is 0 Å². The second-order valence-electron chi connectivity index (χ2n) is 5.07. The number of carboxylic acid groups (broad SMARTS) is 1. The Bertz CT molecular complexity index is 809. The highest BCUT2D eigenvalue weighted by Crippen LogP contribution is 2.21. The maximum atomic E-state index is 11.5. The van der Waals surface area contributed by atoms with Gasteiger partial charge >= 0.3 is 5.97 Å². The van der Waals surface area contributed by atoms with Crippen LogP contribution >= 0.6 is 0 Å². The van der Waals surface area contributed by atoms with Gasteiger partial charge in [0, 0.05) is 24.0 Å². The molecule has 1 N–H and O–H groups in total. The first kappa shape index (κ1) is 13.2. The molecule has 0 fully saturated rings. The molecule has 0 unspecified atom stereocenters. The highest BCUT2D eigenvalue weighted by atomic mass is 16.4. The van der Waals surface area contributed by atoms with E-state index in [2.05, 4.69) is 15.1 Å². The molecule has 21 heavy (non-hydrogen) atoms. The molecule has 0 saturated heterocycles. The van der Waals surface area contributed by atoms with Crippen molar-refractivity contribution in [3.63, 3.8) is 0 Å². The Labute approximate surface area is 121 Å². The minimum absolute atomic E-state index is 0.0887. The molecule has 0 amide bonds. The Hall–Kier alpha value is -2.76. The van der Waals surface area contributed by atoms with E-state index in [9.17, 15) is 9.90 Å². The Morgan fingerprint density at radius 1 is 1.33 bits per heavy atom. The summed E-state index contributed by atoms with van der Waals surface area (Å²) < 4.78 is 1.37. The van der Waals surface area contributed by atoms with Gasteiger partial charge in [-0.1, -0.05) is 13.8 Å². The third-order valence-corrected chi connectivity index (χ3v) is 3.21. The van der Waals surface area contributed by atoms with Gasteiger partial charge in [0.15, 0.2) is 11.3 Å². The normalized spacial score (nSPS) is 11.2. The maximum absolute atomic E-state index is 11.5. The zero-order valence-electron chi connectivity index (χ0n) is 11.7. The number of carbonyl (C=O) groups is 1. The lowest BCUT2D eigenvalue weighted by molar-refractivity contribution is 0.0687. The minimum atomic E-state index is -1.04. The summed E-state index contributed by atoms with van der Waals surface area (Å²) in [6.07, 6.45) is 3.32. The fourth-order valence-electron chi connectivity index (χ4n) is 2.09. The van der Waals surface area contributed by atoms with Gasteiger partial charge in [0.2, 0.25) is 0 Å². The summed E-state index contributed by atoms with van der Waals surface area (Å²) in [5.41, 5.74) is 2.77. The fourth-order valence-corrected chi connectivity index (χ4v) is 2.09. The first-order valence-electron chi connectivity index (χ1n) is 6.60. The lowest BCUT2D eigenvalue weighted by atomic mass is 10.1. The van der Waals surface area contributed by atoms with Crippen molar-refractivity contribution < 1.29 is 9.90 Å². The van der Waals surface area contributed by atoms with Gasteiger partial charge in [-0.25, -0.2) is 14.3 Å². The van der Waals surface area contributed by atoms with Crippen LogP contribution in [-0.2, 0) is 0 Å². The van der Waals surface area contributed by atoms with Crippen LogP contribution < -0.4 is 0 Å². The van der Waals surface area contributed by atoms with E-state index in [1.54, 1.807) is 18.5 Å². The molecule has 0 aromatic carbocycles. The molecule has 0 spiro atoms. The van der Waals surface area contributed by atoms with Crippen molar-refractivity contribution in [3.05, 3.63) is 48.0 Å². The number of pyridine rings is 1. The van der Waals surface area contributed by atoms with Crippen LogP contribution in [0, 0.1) is 0 Å². The zero-order chi connectivity index (χ0) is 15.0. The van der Waals surface area contributed by atoms with Gasteiger partial charge in [0.25, 0.3) is 0 Å². The molecule has 3 rings (SSSR count). The molecule has 6 heteroatoms. The highest BCUT2D eigenvalue weighted by molar-refractivity contribution is 5.88. The number of nitrogens with zero attached hydrogens (tertiary/aromatic N) is 4. The second kappa shape index (κ2) is 4.97. The molecular weight excluding hydrogens is 268 g/mol. The highest BCUT2D eigenvalue weighted by Gasteiger charge is 2.16. The smallest absolute Gasteiger partial charge is 0.354 e. The van der Waals surface area contributed by atoms with Crippen LogP contribution in [0.5, 0.6) is 0 Å². The van der Waals surface area contributed by atoms with Crippen molar-refractivity contribution in [1.82, 2.24) is 19.6 Å². The molecule has 3 heterocycles. The van der Waals surface area contributed by atoms with Crippen molar-refractivity contribution in [3.8, 4) is 11.3 Å². The molecule has 0 aliphatic heterocycles. The van der Waals surface area contributed by atoms with Crippen LogP contribution in [0.2, 0.25) is 0 Å². The van der Waals surface area contributed by atoms with E-state index < -0.39 is 5.97 Å². The maximum Gasteiger partial charge on any atom is 0.354 e. The third kappa shape index (κ3) is 2.35. The van der Waals surface area contributed by atoms with Crippen LogP contribution in [0.15, 0.2) is 36.7 Å². The number of carboxylic acids is 1. The van der Waals surface area contributed by atoms with E-state index in [1.807, 2.05) is 26.0 Å². The average molecular weight is 282 g/mol. The molecule has 0 aliphatic carbocycles. The van der Waals surface area contributed by atoms with Crippen molar-refractivity contribution in [2.24, 2.45) is 0 Å². The summed E-state index contributed by atoms with van der Waals surface area (Å²) in [7, 11) is 0. The zero-order valence-corrected chi connectivity index (χ0v) is 11.7. The van der Waals surface area contributed by atoms with Crippen molar-refractivity contribution in [2.75, 3.05) is 0 Å². The Morgan fingerprint density at radius 3 is 2.76 bits per heavy atom. The lowest BCUT2D eigenvalue weighted by Crippen LogP contribution is -2.08. The number of rotatable bonds is 3. The van der Waals surface area contributed by atoms with Crippen LogP contribution in [-0.4, -0.2) is 30.7 Å². The fraction of sp³-hybridized carbons (Fsp3) is 0.200. The lowest BCUT2D eigenvalue weighted by Gasteiger charge is -2.04. The molecule has 0 saturated carbocycles. The predicted molar refractivity (Wildman–Crippen MR) is 77.3 cm³/mol. The van der Waals surface area contributed by atoms with Crippen molar-refractivity contribution in [1.29, 1.82) is 0 Å². The van der Waals surface area contributed by atoms with Gasteiger partial charge in [0.1, 0.15) is 0 Å². The molecular formula is C15H14N4O2. The van der Waals surface area contributed by atoms with Crippen LogP contribution in [0.3, 0.4) is 0 Å². The predicted octanol–water partition coefficient (Wildman–Crippen LogP) is 2.61. The number of hydrogen-bond acceptors (Lipinski definition) is 4. The average Bonchev–Trinajstić information content (AvgIpc) is 2.91. The molecule has 0 atom stereocenters. The van der Waals surface area contributed by atoms with E-state index in [1.165, 1.54) is 10.6 Å². The summed E-state index contributed by atoms with van der Waals surface area (Å²) in [5.74, 6) is -0.832. The van der Waals surface area contributed by atoms with E-state index in [0.29, 0.717) is 11.3 Å². The topological polar surface area (TPSA) is 80.4 Å².